The molecule has 1 N–H and O–H groups in total. The Labute approximate surface area is 203 Å². The number of rotatable bonds is 4. The summed E-state index contributed by atoms with van der Waals surface area (Å²) in [6, 6.07) is 11.7. The molecule has 2 aliphatic heterocycles. The molecule has 5 rings (SSSR count). The monoisotopic (exact) mass is 483 g/mol. The number of aromatic nitrogens is 3. The second-order valence-corrected chi connectivity index (χ2v) is 9.69. The lowest BCUT2D eigenvalue weighted by molar-refractivity contribution is -0.133. The van der Waals surface area contributed by atoms with Gasteiger partial charge < -0.3 is 10.2 Å². The van der Waals surface area contributed by atoms with Crippen molar-refractivity contribution in [1.29, 1.82) is 0 Å². The van der Waals surface area contributed by atoms with Crippen LogP contribution in [0.1, 0.15) is 49.8 Å². The summed E-state index contributed by atoms with van der Waals surface area (Å²) in [5, 5.41) is 13.3. The molecule has 3 aromatic rings. The van der Waals surface area contributed by atoms with Gasteiger partial charge in [-0.1, -0.05) is 53.0 Å². The van der Waals surface area contributed by atoms with Crippen LogP contribution in [0.5, 0.6) is 0 Å². The molecule has 2 aliphatic rings. The van der Waals surface area contributed by atoms with E-state index in [1.165, 1.54) is 5.57 Å². The lowest BCUT2D eigenvalue weighted by Gasteiger charge is -2.32. The standard InChI is InChI=1S/C25H27Cl2N5O/c1-16(20-7-6-19(26)15-21(20)27)32-24-14-18(5-8-22(24)29-30-32)17-9-12-31(13-10-17)25(33)23-4-2-3-11-28-23/h5-9,14-16,23,28H,2-4,10-13H2,1H3. The molecular formula is C25H27Cl2N5O. The Kier molecular flexibility index (Phi) is 6.41. The van der Waals surface area contributed by atoms with Gasteiger partial charge in [-0.05, 0) is 73.7 Å². The number of piperidine rings is 1. The molecule has 33 heavy (non-hydrogen) atoms. The first-order valence-corrected chi connectivity index (χ1v) is 12.3. The highest BCUT2D eigenvalue weighted by atomic mass is 35.5. The zero-order valence-corrected chi connectivity index (χ0v) is 20.1. The summed E-state index contributed by atoms with van der Waals surface area (Å²) in [7, 11) is 0. The van der Waals surface area contributed by atoms with Crippen molar-refractivity contribution in [3.05, 3.63) is 63.6 Å². The van der Waals surface area contributed by atoms with Gasteiger partial charge in [-0.3, -0.25) is 4.79 Å². The summed E-state index contributed by atoms with van der Waals surface area (Å²) >= 11 is 12.5. The van der Waals surface area contributed by atoms with E-state index < -0.39 is 0 Å². The quantitative estimate of drug-likeness (QED) is 0.560. The van der Waals surface area contributed by atoms with Gasteiger partial charge in [-0.2, -0.15) is 0 Å². The predicted octanol–water partition coefficient (Wildman–Crippen LogP) is 5.11. The smallest absolute Gasteiger partial charge is 0.239 e. The minimum Gasteiger partial charge on any atom is -0.337 e. The predicted molar refractivity (Wildman–Crippen MR) is 133 cm³/mol. The average Bonchev–Trinajstić information content (AvgIpc) is 3.27. The fourth-order valence-electron chi connectivity index (χ4n) is 4.81. The van der Waals surface area contributed by atoms with Gasteiger partial charge in [0.25, 0.3) is 0 Å². The number of hydrogen-bond donors (Lipinski definition) is 1. The van der Waals surface area contributed by atoms with Gasteiger partial charge in [0.05, 0.1) is 17.6 Å². The van der Waals surface area contributed by atoms with Crippen LogP contribution in [-0.4, -0.2) is 51.5 Å². The van der Waals surface area contributed by atoms with Crippen LogP contribution < -0.4 is 5.32 Å². The molecule has 0 spiro atoms. The van der Waals surface area contributed by atoms with Crippen LogP contribution in [0.15, 0.2) is 42.5 Å². The molecule has 2 atom stereocenters. The minimum atomic E-state index is -0.0912. The van der Waals surface area contributed by atoms with Gasteiger partial charge in [0.15, 0.2) is 0 Å². The molecule has 0 bridgehead atoms. The van der Waals surface area contributed by atoms with E-state index in [1.807, 2.05) is 27.8 Å². The Morgan fingerprint density at radius 1 is 1.18 bits per heavy atom. The van der Waals surface area contributed by atoms with Crippen molar-refractivity contribution < 1.29 is 4.79 Å². The van der Waals surface area contributed by atoms with Gasteiger partial charge in [0.2, 0.25) is 5.91 Å². The number of hydrogen-bond acceptors (Lipinski definition) is 4. The highest BCUT2D eigenvalue weighted by molar-refractivity contribution is 6.35. The van der Waals surface area contributed by atoms with Gasteiger partial charge in [-0.25, -0.2) is 4.68 Å². The number of fused-ring (bicyclic) bond motifs is 1. The summed E-state index contributed by atoms with van der Waals surface area (Å²) in [5.74, 6) is 0.233. The van der Waals surface area contributed by atoms with Crippen molar-refractivity contribution in [2.75, 3.05) is 19.6 Å². The molecule has 0 radical (unpaired) electrons. The van der Waals surface area contributed by atoms with Gasteiger partial charge in [0, 0.05) is 23.1 Å². The number of halogens is 2. The zero-order valence-electron chi connectivity index (χ0n) is 18.6. The Morgan fingerprint density at radius 2 is 2.06 bits per heavy atom. The summed E-state index contributed by atoms with van der Waals surface area (Å²) < 4.78 is 1.90. The first-order chi connectivity index (χ1) is 16.0. The molecule has 2 aromatic carbocycles. The molecule has 172 valence electrons. The summed E-state index contributed by atoms with van der Waals surface area (Å²) in [6.07, 6.45) is 6.24. The normalized spacial score (nSPS) is 20.0. The second kappa shape index (κ2) is 9.45. The SMILES string of the molecule is CC(c1ccc(Cl)cc1Cl)n1nnc2ccc(C3=CCN(C(=O)C4CCCCN4)CC3)cc21. The minimum absolute atomic E-state index is 0.0216. The van der Waals surface area contributed by atoms with Crippen LogP contribution in [0.2, 0.25) is 10.0 Å². The molecule has 3 heterocycles. The first-order valence-electron chi connectivity index (χ1n) is 11.5. The van der Waals surface area contributed by atoms with E-state index in [0.29, 0.717) is 16.6 Å². The number of carbonyl (C=O) groups is 1. The molecule has 1 fully saturated rings. The largest absolute Gasteiger partial charge is 0.337 e. The van der Waals surface area contributed by atoms with E-state index in [2.05, 4.69) is 40.8 Å². The summed E-state index contributed by atoms with van der Waals surface area (Å²) in [4.78, 5) is 14.8. The fraction of sp³-hybridized carbons (Fsp3) is 0.400. The van der Waals surface area contributed by atoms with E-state index in [9.17, 15) is 4.79 Å². The molecular weight excluding hydrogens is 457 g/mol. The first kappa shape index (κ1) is 22.4. The average molecular weight is 484 g/mol. The Morgan fingerprint density at radius 3 is 2.79 bits per heavy atom. The number of nitrogens with one attached hydrogen (secondary N) is 1. The maximum Gasteiger partial charge on any atom is 0.239 e. The molecule has 1 aromatic heterocycles. The van der Waals surface area contributed by atoms with Crippen molar-refractivity contribution in [3.8, 4) is 0 Å². The summed E-state index contributed by atoms with van der Waals surface area (Å²) in [5.41, 5.74) is 5.13. The van der Waals surface area contributed by atoms with Crippen LogP contribution in [0.4, 0.5) is 0 Å². The molecule has 8 heteroatoms. The third-order valence-corrected chi connectivity index (χ3v) is 7.31. The number of benzene rings is 2. The fourth-order valence-corrected chi connectivity index (χ4v) is 5.37. The zero-order chi connectivity index (χ0) is 22.9. The van der Waals surface area contributed by atoms with Gasteiger partial charge in [0.1, 0.15) is 5.52 Å². The Hall–Kier alpha value is -2.41. The van der Waals surface area contributed by atoms with E-state index in [0.717, 1.165) is 60.9 Å². The third-order valence-electron chi connectivity index (χ3n) is 6.75. The third kappa shape index (κ3) is 4.52. The lowest BCUT2D eigenvalue weighted by atomic mass is 9.97. The van der Waals surface area contributed by atoms with Crippen molar-refractivity contribution in [2.24, 2.45) is 0 Å². The number of amides is 1. The molecule has 1 saturated heterocycles. The molecule has 0 aliphatic carbocycles. The van der Waals surface area contributed by atoms with Crippen molar-refractivity contribution in [1.82, 2.24) is 25.2 Å². The van der Waals surface area contributed by atoms with E-state index >= 15 is 0 Å². The van der Waals surface area contributed by atoms with Gasteiger partial charge >= 0.3 is 0 Å². The van der Waals surface area contributed by atoms with Crippen LogP contribution in [-0.2, 0) is 4.79 Å². The van der Waals surface area contributed by atoms with Crippen LogP contribution in [0.3, 0.4) is 0 Å². The molecule has 1 amide bonds. The Balaban J connectivity index is 1.37. The lowest BCUT2D eigenvalue weighted by Crippen LogP contribution is -2.49. The maximum absolute atomic E-state index is 12.8. The van der Waals surface area contributed by atoms with Crippen molar-refractivity contribution >= 4 is 45.7 Å². The second-order valence-electron chi connectivity index (χ2n) is 8.85. The van der Waals surface area contributed by atoms with Crippen LogP contribution in [0, 0.1) is 0 Å². The van der Waals surface area contributed by atoms with E-state index in [1.54, 1.807) is 6.07 Å². The molecule has 2 unspecified atom stereocenters. The maximum atomic E-state index is 12.8. The number of nitrogens with zero attached hydrogens (tertiary/aromatic N) is 4. The Bertz CT molecular complexity index is 1210. The van der Waals surface area contributed by atoms with E-state index in [4.69, 9.17) is 23.2 Å². The number of carbonyl (C=O) groups excluding carboxylic acids is 1. The highest BCUT2D eigenvalue weighted by Gasteiger charge is 2.27. The van der Waals surface area contributed by atoms with Gasteiger partial charge in [-0.15, -0.1) is 5.10 Å². The van der Waals surface area contributed by atoms with Crippen molar-refractivity contribution in [2.45, 2.75) is 44.7 Å². The highest BCUT2D eigenvalue weighted by Crippen LogP contribution is 2.31. The summed E-state index contributed by atoms with van der Waals surface area (Å²) in [6.45, 7) is 4.39. The molecule has 6 nitrogen and oxygen atoms in total. The van der Waals surface area contributed by atoms with E-state index in [-0.39, 0.29) is 18.0 Å². The molecule has 0 saturated carbocycles. The van der Waals surface area contributed by atoms with Crippen LogP contribution >= 0.6 is 23.2 Å². The van der Waals surface area contributed by atoms with Crippen LogP contribution in [0.25, 0.3) is 16.6 Å². The van der Waals surface area contributed by atoms with Crippen molar-refractivity contribution in [3.63, 3.8) is 0 Å². The topological polar surface area (TPSA) is 63.1 Å².